The second-order valence-corrected chi connectivity index (χ2v) is 7.75. The molecule has 0 amide bonds. The maximum atomic E-state index is 11.8. The van der Waals surface area contributed by atoms with E-state index in [1.165, 1.54) is 19.3 Å². The van der Waals surface area contributed by atoms with Gasteiger partial charge in [0.1, 0.15) is 5.69 Å². The Labute approximate surface area is 155 Å². The average Bonchev–Trinajstić information content (AvgIpc) is 3.26. The van der Waals surface area contributed by atoms with E-state index in [0.29, 0.717) is 23.8 Å². The first-order valence-corrected chi connectivity index (χ1v) is 9.61. The standard InChI is InChI=1S/C17H16N6O3S/c1-11-16(22-26-21-11)17-20-13-5-3-4-6-14(13)23(17)10-12-7-8-15(19-9-12)27(24,25)18-2/h3-9,18H,10H2,1-2H3. The molecule has 0 unspecified atom stereocenters. The van der Waals surface area contributed by atoms with Crippen LogP contribution in [-0.4, -0.2) is 40.3 Å². The van der Waals surface area contributed by atoms with E-state index in [0.717, 1.165) is 16.6 Å². The molecule has 9 nitrogen and oxygen atoms in total. The molecular formula is C17H16N6O3S. The fraction of sp³-hybridized carbons (Fsp3) is 0.176. The van der Waals surface area contributed by atoms with Crippen LogP contribution in [0.15, 0.2) is 52.3 Å². The first-order valence-electron chi connectivity index (χ1n) is 8.13. The second kappa shape index (κ2) is 6.56. The number of aromatic nitrogens is 5. The van der Waals surface area contributed by atoms with E-state index in [9.17, 15) is 8.42 Å². The summed E-state index contributed by atoms with van der Waals surface area (Å²) < 4.78 is 32.7. The van der Waals surface area contributed by atoms with Gasteiger partial charge in [0, 0.05) is 6.20 Å². The molecule has 10 heteroatoms. The van der Waals surface area contributed by atoms with Gasteiger partial charge < -0.3 is 4.57 Å². The minimum absolute atomic E-state index is 0.0268. The molecule has 4 rings (SSSR count). The van der Waals surface area contributed by atoms with Crippen LogP contribution in [0.1, 0.15) is 11.3 Å². The van der Waals surface area contributed by atoms with Crippen LogP contribution in [0.25, 0.3) is 22.6 Å². The maximum Gasteiger partial charge on any atom is 0.257 e. The highest BCUT2D eigenvalue weighted by Crippen LogP contribution is 2.26. The Morgan fingerprint density at radius 3 is 2.63 bits per heavy atom. The predicted molar refractivity (Wildman–Crippen MR) is 97.3 cm³/mol. The largest absolute Gasteiger partial charge is 0.318 e. The molecule has 3 heterocycles. The van der Waals surface area contributed by atoms with Crippen LogP contribution < -0.4 is 4.72 Å². The van der Waals surface area contributed by atoms with E-state index in [-0.39, 0.29) is 5.03 Å². The van der Waals surface area contributed by atoms with Crippen LogP contribution >= 0.6 is 0 Å². The van der Waals surface area contributed by atoms with Gasteiger partial charge in [-0.3, -0.25) is 0 Å². The number of aryl methyl sites for hydroxylation is 1. The summed E-state index contributed by atoms with van der Waals surface area (Å²) >= 11 is 0. The van der Waals surface area contributed by atoms with Gasteiger partial charge in [0.05, 0.1) is 17.6 Å². The number of sulfonamides is 1. The summed E-state index contributed by atoms with van der Waals surface area (Å²) in [6.45, 7) is 2.24. The van der Waals surface area contributed by atoms with E-state index >= 15 is 0 Å². The summed E-state index contributed by atoms with van der Waals surface area (Å²) in [6, 6.07) is 10.9. The minimum atomic E-state index is -3.57. The number of nitrogens with zero attached hydrogens (tertiary/aromatic N) is 5. The van der Waals surface area contributed by atoms with E-state index in [1.807, 2.05) is 28.8 Å². The van der Waals surface area contributed by atoms with E-state index in [2.05, 4.69) is 25.0 Å². The molecule has 4 aromatic rings. The summed E-state index contributed by atoms with van der Waals surface area (Å²) in [5.41, 5.74) is 3.76. The summed E-state index contributed by atoms with van der Waals surface area (Å²) in [5, 5.41) is 7.78. The Bertz CT molecular complexity index is 1210. The van der Waals surface area contributed by atoms with Gasteiger partial charge in [-0.1, -0.05) is 23.4 Å². The van der Waals surface area contributed by atoms with Gasteiger partial charge in [0.2, 0.25) is 0 Å². The van der Waals surface area contributed by atoms with Crippen molar-refractivity contribution >= 4 is 21.1 Å². The second-order valence-electron chi connectivity index (χ2n) is 5.92. The van der Waals surface area contributed by atoms with Crippen LogP contribution in [0.5, 0.6) is 0 Å². The number of benzene rings is 1. The van der Waals surface area contributed by atoms with Crippen LogP contribution in [0.4, 0.5) is 0 Å². The summed E-state index contributed by atoms with van der Waals surface area (Å²) in [7, 11) is -2.22. The molecule has 0 saturated heterocycles. The van der Waals surface area contributed by atoms with Crippen molar-refractivity contribution in [3.63, 3.8) is 0 Å². The summed E-state index contributed by atoms with van der Waals surface area (Å²) in [5.74, 6) is 0.627. The van der Waals surface area contributed by atoms with Crippen molar-refractivity contribution in [3.8, 4) is 11.5 Å². The number of fused-ring (bicyclic) bond motifs is 1. The lowest BCUT2D eigenvalue weighted by molar-refractivity contribution is 0.305. The zero-order valence-electron chi connectivity index (χ0n) is 14.6. The van der Waals surface area contributed by atoms with Gasteiger partial charge in [-0.25, -0.2) is 27.7 Å². The highest BCUT2D eigenvalue weighted by Gasteiger charge is 2.19. The number of pyridine rings is 1. The molecule has 0 aliphatic rings. The Morgan fingerprint density at radius 2 is 1.96 bits per heavy atom. The van der Waals surface area contributed by atoms with Gasteiger partial charge in [0.15, 0.2) is 16.5 Å². The van der Waals surface area contributed by atoms with E-state index < -0.39 is 10.0 Å². The molecule has 0 aliphatic heterocycles. The lowest BCUT2D eigenvalue weighted by Crippen LogP contribution is -2.19. The normalized spacial score (nSPS) is 11.9. The van der Waals surface area contributed by atoms with Gasteiger partial charge in [-0.05, 0) is 42.9 Å². The SMILES string of the molecule is CNS(=O)(=O)c1ccc(Cn2c(-c3nonc3C)nc3ccccc32)cn1. The number of rotatable bonds is 5. The third kappa shape index (κ3) is 3.09. The topological polar surface area (TPSA) is 116 Å². The van der Waals surface area contributed by atoms with Gasteiger partial charge in [-0.2, -0.15) is 0 Å². The molecule has 27 heavy (non-hydrogen) atoms. The van der Waals surface area contributed by atoms with Crippen molar-refractivity contribution in [1.82, 2.24) is 29.6 Å². The first-order chi connectivity index (χ1) is 13.0. The lowest BCUT2D eigenvalue weighted by atomic mass is 10.2. The fourth-order valence-corrected chi connectivity index (χ4v) is 3.45. The Balaban J connectivity index is 1.79. The number of nitrogens with one attached hydrogen (secondary N) is 1. The maximum absolute atomic E-state index is 11.8. The van der Waals surface area contributed by atoms with Crippen LogP contribution in [0.2, 0.25) is 0 Å². The molecule has 0 aliphatic carbocycles. The van der Waals surface area contributed by atoms with Crippen molar-refractivity contribution in [2.24, 2.45) is 0 Å². The third-order valence-corrected chi connectivity index (χ3v) is 5.53. The number of hydrogen-bond donors (Lipinski definition) is 1. The monoisotopic (exact) mass is 384 g/mol. The van der Waals surface area contributed by atoms with E-state index in [1.54, 1.807) is 13.0 Å². The molecule has 0 bridgehead atoms. The van der Waals surface area contributed by atoms with Crippen LogP contribution in [-0.2, 0) is 16.6 Å². The smallest absolute Gasteiger partial charge is 0.257 e. The van der Waals surface area contributed by atoms with Gasteiger partial charge in [-0.15, -0.1) is 0 Å². The highest BCUT2D eigenvalue weighted by atomic mass is 32.2. The molecule has 0 radical (unpaired) electrons. The summed E-state index contributed by atoms with van der Waals surface area (Å²) in [4.78, 5) is 8.72. The van der Waals surface area contributed by atoms with Gasteiger partial charge >= 0.3 is 0 Å². The molecule has 1 N–H and O–H groups in total. The van der Waals surface area contributed by atoms with Gasteiger partial charge in [0.25, 0.3) is 10.0 Å². The molecular weight excluding hydrogens is 368 g/mol. The lowest BCUT2D eigenvalue weighted by Gasteiger charge is -2.09. The number of hydrogen-bond acceptors (Lipinski definition) is 7. The molecule has 3 aromatic heterocycles. The molecule has 0 fully saturated rings. The van der Waals surface area contributed by atoms with Crippen molar-refractivity contribution in [1.29, 1.82) is 0 Å². The van der Waals surface area contributed by atoms with E-state index in [4.69, 9.17) is 4.63 Å². The molecule has 0 spiro atoms. The molecule has 138 valence electrons. The zero-order chi connectivity index (χ0) is 19.0. The predicted octanol–water partition coefficient (Wildman–Crippen LogP) is 1.75. The minimum Gasteiger partial charge on any atom is -0.318 e. The van der Waals surface area contributed by atoms with Crippen LogP contribution in [0.3, 0.4) is 0 Å². The Hall–Kier alpha value is -3.11. The average molecular weight is 384 g/mol. The quantitative estimate of drug-likeness (QED) is 0.557. The van der Waals surface area contributed by atoms with Crippen molar-refractivity contribution < 1.29 is 13.0 Å². The Morgan fingerprint density at radius 1 is 1.15 bits per heavy atom. The zero-order valence-corrected chi connectivity index (χ0v) is 15.4. The van der Waals surface area contributed by atoms with Crippen molar-refractivity contribution in [2.45, 2.75) is 18.5 Å². The molecule has 0 atom stereocenters. The van der Waals surface area contributed by atoms with Crippen molar-refractivity contribution in [3.05, 3.63) is 53.9 Å². The summed E-state index contributed by atoms with van der Waals surface area (Å²) in [6.07, 6.45) is 1.54. The first kappa shape index (κ1) is 17.3. The fourth-order valence-electron chi connectivity index (χ4n) is 2.80. The number of imidazole rings is 1. The Kier molecular flexibility index (Phi) is 4.21. The third-order valence-electron chi connectivity index (χ3n) is 4.20. The number of para-hydroxylation sites is 2. The molecule has 1 aromatic carbocycles. The van der Waals surface area contributed by atoms with Crippen LogP contribution in [0, 0.1) is 6.92 Å². The van der Waals surface area contributed by atoms with Crippen molar-refractivity contribution in [2.75, 3.05) is 7.05 Å². The highest BCUT2D eigenvalue weighted by molar-refractivity contribution is 7.89. The molecule has 0 saturated carbocycles.